The lowest BCUT2D eigenvalue weighted by Crippen LogP contribution is -2.44. The van der Waals surface area contributed by atoms with E-state index in [1.807, 2.05) is 19.1 Å². The molecule has 2 aliphatic rings. The van der Waals surface area contributed by atoms with E-state index in [0.29, 0.717) is 25.7 Å². The molecule has 118 valence electrons. The zero-order chi connectivity index (χ0) is 15.6. The summed E-state index contributed by atoms with van der Waals surface area (Å²) in [7, 11) is 0. The number of aliphatic carboxylic acids is 1. The number of piperidine rings is 1. The van der Waals surface area contributed by atoms with Gasteiger partial charge in [-0.15, -0.1) is 0 Å². The maximum atomic E-state index is 11.7. The number of carboxylic acid groups (broad SMARTS) is 1. The van der Waals surface area contributed by atoms with E-state index in [9.17, 15) is 9.90 Å². The molecule has 1 aromatic rings. The number of rotatable bonds is 4. The van der Waals surface area contributed by atoms with Gasteiger partial charge in [0.25, 0.3) is 0 Å². The summed E-state index contributed by atoms with van der Waals surface area (Å²) >= 11 is 0. The molecular weight excluding hydrogens is 280 g/mol. The number of carbonyl (C=O) groups is 1. The smallest absolute Gasteiger partial charge is 0.309 e. The molecule has 22 heavy (non-hydrogen) atoms. The summed E-state index contributed by atoms with van der Waals surface area (Å²) < 4.78 is 0. The van der Waals surface area contributed by atoms with Gasteiger partial charge in [0.2, 0.25) is 0 Å². The summed E-state index contributed by atoms with van der Waals surface area (Å²) in [5.41, 5.74) is 2.51. The molecule has 2 heterocycles. The first-order valence-corrected chi connectivity index (χ1v) is 7.83. The van der Waals surface area contributed by atoms with Crippen LogP contribution in [0.5, 0.6) is 0 Å². The number of hydrogen-bond acceptors (Lipinski definition) is 4. The second kappa shape index (κ2) is 6.08. The van der Waals surface area contributed by atoms with Crippen LogP contribution in [0.4, 0.5) is 0 Å². The SMILES string of the molecule is Cc1ccc(C2=NOC(CC3(C(=O)O)CCNCC3)C2)cc1. The second-order valence-electron chi connectivity index (χ2n) is 6.38. The van der Waals surface area contributed by atoms with Crippen LogP contribution in [0.25, 0.3) is 0 Å². The highest BCUT2D eigenvalue weighted by Gasteiger charge is 2.43. The Balaban J connectivity index is 1.66. The molecule has 1 aromatic carbocycles. The number of carboxylic acids is 1. The van der Waals surface area contributed by atoms with E-state index < -0.39 is 11.4 Å². The van der Waals surface area contributed by atoms with Crippen LogP contribution in [0.1, 0.15) is 36.8 Å². The number of oxime groups is 1. The molecule has 1 fully saturated rings. The molecule has 5 nitrogen and oxygen atoms in total. The van der Waals surface area contributed by atoms with Crippen LogP contribution in [0.3, 0.4) is 0 Å². The molecule has 0 aromatic heterocycles. The highest BCUT2D eigenvalue weighted by atomic mass is 16.6. The number of benzene rings is 1. The van der Waals surface area contributed by atoms with Crippen molar-refractivity contribution in [2.75, 3.05) is 13.1 Å². The third-order valence-corrected chi connectivity index (χ3v) is 4.75. The number of hydrogen-bond donors (Lipinski definition) is 2. The van der Waals surface area contributed by atoms with Gasteiger partial charge in [-0.3, -0.25) is 4.79 Å². The van der Waals surface area contributed by atoms with Crippen molar-refractivity contribution in [3.8, 4) is 0 Å². The van der Waals surface area contributed by atoms with Crippen LogP contribution in [0, 0.1) is 12.3 Å². The van der Waals surface area contributed by atoms with Gasteiger partial charge in [0.1, 0.15) is 6.10 Å². The van der Waals surface area contributed by atoms with Gasteiger partial charge in [-0.2, -0.15) is 0 Å². The van der Waals surface area contributed by atoms with E-state index in [0.717, 1.165) is 24.4 Å². The monoisotopic (exact) mass is 302 g/mol. The summed E-state index contributed by atoms with van der Waals surface area (Å²) in [5.74, 6) is -0.707. The standard InChI is InChI=1S/C17H22N2O3/c1-12-2-4-13(5-3-12)15-10-14(22-19-15)11-17(16(20)21)6-8-18-9-7-17/h2-5,14,18H,6-11H2,1H3,(H,20,21). The quantitative estimate of drug-likeness (QED) is 0.895. The number of nitrogens with zero attached hydrogens (tertiary/aromatic N) is 1. The van der Waals surface area contributed by atoms with E-state index in [1.54, 1.807) is 0 Å². The van der Waals surface area contributed by atoms with Gasteiger partial charge in [0, 0.05) is 12.8 Å². The van der Waals surface area contributed by atoms with Gasteiger partial charge >= 0.3 is 5.97 Å². The minimum Gasteiger partial charge on any atom is -0.481 e. The minimum atomic E-state index is -0.707. The summed E-state index contributed by atoms with van der Waals surface area (Å²) in [6.07, 6.45) is 2.39. The fraction of sp³-hybridized carbons (Fsp3) is 0.529. The van der Waals surface area contributed by atoms with Gasteiger partial charge in [0.05, 0.1) is 11.1 Å². The largest absolute Gasteiger partial charge is 0.481 e. The molecule has 0 amide bonds. The Morgan fingerprint density at radius 3 is 2.68 bits per heavy atom. The Bertz CT molecular complexity index is 574. The van der Waals surface area contributed by atoms with Crippen LogP contribution in [0.2, 0.25) is 0 Å². The molecule has 0 saturated carbocycles. The van der Waals surface area contributed by atoms with Crippen molar-refractivity contribution in [1.82, 2.24) is 5.32 Å². The van der Waals surface area contributed by atoms with E-state index in [4.69, 9.17) is 4.84 Å². The van der Waals surface area contributed by atoms with E-state index in [1.165, 1.54) is 5.56 Å². The average molecular weight is 302 g/mol. The maximum Gasteiger partial charge on any atom is 0.309 e. The fourth-order valence-corrected chi connectivity index (χ4v) is 3.30. The molecule has 3 rings (SSSR count). The van der Waals surface area contributed by atoms with Gasteiger partial charge in [-0.05, 0) is 38.4 Å². The lowest BCUT2D eigenvalue weighted by molar-refractivity contribution is -0.153. The van der Waals surface area contributed by atoms with Gasteiger partial charge in [-0.1, -0.05) is 35.0 Å². The zero-order valence-electron chi connectivity index (χ0n) is 12.8. The third-order valence-electron chi connectivity index (χ3n) is 4.75. The van der Waals surface area contributed by atoms with Crippen molar-refractivity contribution in [3.63, 3.8) is 0 Å². The van der Waals surface area contributed by atoms with Gasteiger partial charge < -0.3 is 15.3 Å². The first-order valence-electron chi connectivity index (χ1n) is 7.83. The van der Waals surface area contributed by atoms with E-state index in [-0.39, 0.29) is 6.10 Å². The molecule has 1 saturated heterocycles. The van der Waals surface area contributed by atoms with Crippen LogP contribution >= 0.6 is 0 Å². The fourth-order valence-electron chi connectivity index (χ4n) is 3.30. The molecule has 2 aliphatic heterocycles. The second-order valence-corrected chi connectivity index (χ2v) is 6.38. The summed E-state index contributed by atoms with van der Waals surface area (Å²) in [6, 6.07) is 8.18. The molecule has 0 bridgehead atoms. The first-order chi connectivity index (χ1) is 10.6. The van der Waals surface area contributed by atoms with Gasteiger partial charge in [-0.25, -0.2) is 0 Å². The average Bonchev–Trinajstić information content (AvgIpc) is 2.97. The lowest BCUT2D eigenvalue weighted by atomic mass is 9.74. The molecular formula is C17H22N2O3. The van der Waals surface area contributed by atoms with Crippen LogP contribution in [0.15, 0.2) is 29.4 Å². The molecule has 2 N–H and O–H groups in total. The van der Waals surface area contributed by atoms with Crippen LogP contribution in [-0.2, 0) is 9.63 Å². The Kier molecular flexibility index (Phi) is 4.16. The van der Waals surface area contributed by atoms with Gasteiger partial charge in [0.15, 0.2) is 0 Å². The third kappa shape index (κ3) is 2.99. The Labute approximate surface area is 130 Å². The molecule has 0 spiro atoms. The van der Waals surface area contributed by atoms with Crippen molar-refractivity contribution in [2.24, 2.45) is 10.6 Å². The summed E-state index contributed by atoms with van der Waals surface area (Å²) in [4.78, 5) is 17.3. The number of nitrogens with one attached hydrogen (secondary N) is 1. The predicted molar refractivity (Wildman–Crippen MR) is 84.0 cm³/mol. The molecule has 1 atom stereocenters. The molecule has 0 aliphatic carbocycles. The summed E-state index contributed by atoms with van der Waals surface area (Å²) in [5, 5.41) is 17.0. The highest BCUT2D eigenvalue weighted by molar-refractivity contribution is 6.01. The van der Waals surface area contributed by atoms with Crippen molar-refractivity contribution in [2.45, 2.75) is 38.7 Å². The molecule has 5 heteroatoms. The maximum absolute atomic E-state index is 11.7. The zero-order valence-corrected chi connectivity index (χ0v) is 12.8. The first kappa shape index (κ1) is 15.0. The van der Waals surface area contributed by atoms with E-state index in [2.05, 4.69) is 22.6 Å². The summed E-state index contributed by atoms with van der Waals surface area (Å²) in [6.45, 7) is 3.56. The van der Waals surface area contributed by atoms with Crippen molar-refractivity contribution >= 4 is 11.7 Å². The van der Waals surface area contributed by atoms with Crippen LogP contribution < -0.4 is 5.32 Å². The Hall–Kier alpha value is -1.88. The Morgan fingerprint density at radius 1 is 1.36 bits per heavy atom. The topological polar surface area (TPSA) is 70.9 Å². The number of aryl methyl sites for hydroxylation is 1. The van der Waals surface area contributed by atoms with Crippen LogP contribution in [-0.4, -0.2) is 36.0 Å². The highest BCUT2D eigenvalue weighted by Crippen LogP contribution is 2.37. The van der Waals surface area contributed by atoms with Crippen molar-refractivity contribution in [1.29, 1.82) is 0 Å². The molecule has 0 radical (unpaired) electrons. The lowest BCUT2D eigenvalue weighted by Gasteiger charge is -2.34. The minimum absolute atomic E-state index is 0.134. The van der Waals surface area contributed by atoms with Crippen molar-refractivity contribution in [3.05, 3.63) is 35.4 Å². The van der Waals surface area contributed by atoms with Crippen molar-refractivity contribution < 1.29 is 14.7 Å². The normalized spacial score (nSPS) is 23.7. The molecule has 1 unspecified atom stereocenters. The van der Waals surface area contributed by atoms with E-state index >= 15 is 0 Å². The predicted octanol–water partition coefficient (Wildman–Crippen LogP) is 2.33. The Morgan fingerprint density at radius 2 is 2.05 bits per heavy atom.